The van der Waals surface area contributed by atoms with E-state index in [1.807, 2.05) is 11.9 Å². The van der Waals surface area contributed by atoms with Crippen LogP contribution in [-0.2, 0) is 14.4 Å². The molecular formula is C29H44N8O3S. The minimum atomic E-state index is -1.15. The van der Waals surface area contributed by atoms with Crippen LogP contribution in [0.5, 0.6) is 0 Å². The lowest BCUT2D eigenvalue weighted by Crippen LogP contribution is -2.66. The van der Waals surface area contributed by atoms with Crippen LogP contribution in [0.3, 0.4) is 0 Å². The van der Waals surface area contributed by atoms with Crippen LogP contribution in [0.25, 0.3) is 0 Å². The van der Waals surface area contributed by atoms with Crippen LogP contribution >= 0.6 is 12.2 Å². The molecule has 0 radical (unpaired) electrons. The van der Waals surface area contributed by atoms with Crippen molar-refractivity contribution in [1.29, 1.82) is 0 Å². The molecular weight excluding hydrogens is 540 g/mol. The summed E-state index contributed by atoms with van der Waals surface area (Å²) in [6.45, 7) is 12.3. The molecule has 1 aromatic rings. The fourth-order valence-electron chi connectivity index (χ4n) is 7.14. The second-order valence-corrected chi connectivity index (χ2v) is 12.9. The SMILES string of the molecule is CC(C)CON1CCC2C(=O)CC(=O)C21N(C)C(=S)N1CCN(c2cc(N3CCCC3)nc(N3CCCC3)n2)CC1. The van der Waals surface area contributed by atoms with Gasteiger partial charge in [0.2, 0.25) is 5.95 Å². The van der Waals surface area contributed by atoms with E-state index in [-0.39, 0.29) is 18.0 Å². The van der Waals surface area contributed by atoms with Crippen molar-refractivity contribution in [2.75, 3.05) is 87.3 Å². The van der Waals surface area contributed by atoms with Crippen LogP contribution in [0.15, 0.2) is 6.07 Å². The topological polar surface area (TPSA) is 88.6 Å². The van der Waals surface area contributed by atoms with Gasteiger partial charge in [-0.05, 0) is 50.2 Å². The number of carbonyl (C=O) groups is 2. The third-order valence-electron chi connectivity index (χ3n) is 9.36. The lowest BCUT2D eigenvalue weighted by Gasteiger charge is -2.47. The summed E-state index contributed by atoms with van der Waals surface area (Å²) in [7, 11) is 1.87. The quantitative estimate of drug-likeness (QED) is 0.348. The lowest BCUT2D eigenvalue weighted by atomic mass is 9.95. The second-order valence-electron chi connectivity index (χ2n) is 12.5. The van der Waals surface area contributed by atoms with E-state index in [0.717, 1.165) is 56.9 Å². The first-order valence-electron chi connectivity index (χ1n) is 15.4. The Morgan fingerprint density at radius 2 is 1.54 bits per heavy atom. The first-order valence-corrected chi connectivity index (χ1v) is 15.8. The van der Waals surface area contributed by atoms with Gasteiger partial charge in [-0.2, -0.15) is 15.0 Å². The summed E-state index contributed by atoms with van der Waals surface area (Å²) in [6, 6.07) is 2.15. The third kappa shape index (κ3) is 5.16. The summed E-state index contributed by atoms with van der Waals surface area (Å²) in [5.41, 5.74) is -1.15. The lowest BCUT2D eigenvalue weighted by molar-refractivity contribution is -0.235. The molecule has 5 heterocycles. The molecule has 5 aliphatic rings. The van der Waals surface area contributed by atoms with E-state index in [2.05, 4.69) is 39.5 Å². The molecule has 11 nitrogen and oxygen atoms in total. The number of anilines is 3. The van der Waals surface area contributed by atoms with E-state index in [0.29, 0.717) is 43.7 Å². The van der Waals surface area contributed by atoms with Crippen molar-refractivity contribution in [3.8, 4) is 0 Å². The van der Waals surface area contributed by atoms with Crippen molar-refractivity contribution in [1.82, 2.24) is 24.8 Å². The van der Waals surface area contributed by atoms with Crippen molar-refractivity contribution in [2.45, 2.75) is 58.0 Å². The molecule has 0 amide bonds. The summed E-state index contributed by atoms with van der Waals surface area (Å²) in [5, 5.41) is 2.35. The van der Waals surface area contributed by atoms with Crippen LogP contribution in [-0.4, -0.2) is 120 Å². The molecule has 1 aromatic heterocycles. The van der Waals surface area contributed by atoms with E-state index in [9.17, 15) is 9.59 Å². The van der Waals surface area contributed by atoms with Crippen molar-refractivity contribution in [3.05, 3.63) is 6.07 Å². The zero-order valence-corrected chi connectivity index (χ0v) is 25.6. The van der Waals surface area contributed by atoms with Crippen LogP contribution in [0.1, 0.15) is 52.4 Å². The standard InChI is InChI=1S/C29H44N8O3S/c1-21(2)20-40-37-13-8-22-23(38)18-24(39)29(22,37)32(3)28(41)36-16-14-34(15-17-36)26-19-25(33-9-4-5-10-33)30-27(31-26)35-11-6-7-12-35/h19,21-22H,4-18,20H2,1-3H3. The number of carbonyl (C=O) groups excluding carboxylic acids is 2. The van der Waals surface area contributed by atoms with Gasteiger partial charge in [0.05, 0.1) is 18.9 Å². The zero-order valence-electron chi connectivity index (χ0n) is 24.8. The van der Waals surface area contributed by atoms with Gasteiger partial charge in [0.25, 0.3) is 0 Å². The Balaban J connectivity index is 1.18. The monoisotopic (exact) mass is 584 g/mol. The first-order chi connectivity index (χ1) is 19.8. The summed E-state index contributed by atoms with van der Waals surface area (Å²) in [5.74, 6) is 2.63. The van der Waals surface area contributed by atoms with Crippen molar-refractivity contribution >= 4 is 46.5 Å². The Morgan fingerprint density at radius 1 is 0.951 bits per heavy atom. The number of rotatable bonds is 7. The molecule has 12 heteroatoms. The van der Waals surface area contributed by atoms with Crippen LogP contribution < -0.4 is 14.7 Å². The molecule has 0 N–H and O–H groups in total. The molecule has 224 valence electrons. The molecule has 4 saturated heterocycles. The van der Waals surface area contributed by atoms with E-state index < -0.39 is 11.6 Å². The van der Waals surface area contributed by atoms with Crippen LogP contribution in [0.4, 0.5) is 17.6 Å². The molecule has 41 heavy (non-hydrogen) atoms. The number of piperazine rings is 1. The summed E-state index contributed by atoms with van der Waals surface area (Å²) >= 11 is 6.02. The number of hydroxylamine groups is 2. The maximum atomic E-state index is 13.5. The van der Waals surface area contributed by atoms with Gasteiger partial charge in [0.1, 0.15) is 17.4 Å². The Hall–Kier alpha value is -2.57. The normalized spacial score (nSPS) is 27.1. The zero-order chi connectivity index (χ0) is 28.7. The average molecular weight is 585 g/mol. The van der Waals surface area contributed by atoms with Crippen molar-refractivity contribution in [2.24, 2.45) is 11.8 Å². The molecule has 0 bridgehead atoms. The number of hydrogen-bond donors (Lipinski definition) is 0. The van der Waals surface area contributed by atoms with Crippen molar-refractivity contribution in [3.63, 3.8) is 0 Å². The Kier molecular flexibility index (Phi) is 8.08. The Bertz CT molecular complexity index is 1130. The van der Waals surface area contributed by atoms with E-state index in [1.165, 1.54) is 25.7 Å². The second kappa shape index (κ2) is 11.6. The molecule has 0 aromatic carbocycles. The largest absolute Gasteiger partial charge is 0.356 e. The average Bonchev–Trinajstić information content (AvgIpc) is 3.78. The predicted octanol–water partition coefficient (Wildman–Crippen LogP) is 2.16. The van der Waals surface area contributed by atoms with Gasteiger partial charge < -0.3 is 24.5 Å². The van der Waals surface area contributed by atoms with Gasteiger partial charge in [-0.15, -0.1) is 0 Å². The number of fused-ring (bicyclic) bond motifs is 1. The van der Waals surface area contributed by atoms with E-state index in [1.54, 1.807) is 5.06 Å². The Morgan fingerprint density at radius 3 is 2.15 bits per heavy atom. The Labute approximate surface area is 248 Å². The van der Waals surface area contributed by atoms with Gasteiger partial charge in [-0.3, -0.25) is 14.4 Å². The number of thiocarbonyl (C=S) groups is 1. The predicted molar refractivity (Wildman–Crippen MR) is 162 cm³/mol. The molecule has 0 spiro atoms. The molecule has 5 fully saturated rings. The smallest absolute Gasteiger partial charge is 0.229 e. The summed E-state index contributed by atoms with van der Waals surface area (Å²) in [4.78, 5) is 53.6. The molecule has 1 saturated carbocycles. The molecule has 4 aliphatic heterocycles. The molecule has 1 aliphatic carbocycles. The van der Waals surface area contributed by atoms with E-state index >= 15 is 0 Å². The van der Waals surface area contributed by atoms with Gasteiger partial charge >= 0.3 is 0 Å². The van der Waals surface area contributed by atoms with Crippen molar-refractivity contribution < 1.29 is 14.4 Å². The number of Topliss-reactive ketones (excluding diaryl/α,β-unsaturated/α-hetero) is 2. The highest BCUT2D eigenvalue weighted by Crippen LogP contribution is 2.45. The fraction of sp³-hybridized carbons (Fsp3) is 0.759. The van der Waals surface area contributed by atoms with E-state index in [4.69, 9.17) is 27.0 Å². The maximum Gasteiger partial charge on any atom is 0.229 e. The maximum absolute atomic E-state index is 13.5. The minimum Gasteiger partial charge on any atom is -0.356 e. The first kappa shape index (κ1) is 28.5. The highest BCUT2D eigenvalue weighted by atomic mass is 32.1. The third-order valence-corrected chi connectivity index (χ3v) is 9.90. The number of hydrogen-bond acceptors (Lipinski definition) is 10. The van der Waals surface area contributed by atoms with Gasteiger partial charge in [0.15, 0.2) is 16.6 Å². The molecule has 2 unspecified atom stereocenters. The number of likely N-dealkylation sites (N-methyl/N-ethyl adjacent to an activating group) is 1. The van der Waals surface area contributed by atoms with Gasteiger partial charge in [-0.1, -0.05) is 13.8 Å². The summed E-state index contributed by atoms with van der Waals surface area (Å²) in [6.07, 6.45) is 5.34. The highest BCUT2D eigenvalue weighted by molar-refractivity contribution is 7.80. The van der Waals surface area contributed by atoms with Gasteiger partial charge in [-0.25, -0.2) is 0 Å². The minimum absolute atomic E-state index is 0.00325. The number of ketones is 2. The molecule has 6 rings (SSSR count). The number of nitrogens with zero attached hydrogens (tertiary/aromatic N) is 8. The fourth-order valence-corrected chi connectivity index (χ4v) is 7.46. The highest BCUT2D eigenvalue weighted by Gasteiger charge is 2.65. The summed E-state index contributed by atoms with van der Waals surface area (Å²) < 4.78 is 0. The van der Waals surface area contributed by atoms with Crippen LogP contribution in [0.2, 0.25) is 0 Å². The number of aromatic nitrogens is 2. The van der Waals surface area contributed by atoms with Crippen LogP contribution in [0, 0.1) is 11.8 Å². The van der Waals surface area contributed by atoms with Gasteiger partial charge in [0, 0.05) is 72.0 Å². The molecule has 2 atom stereocenters.